The summed E-state index contributed by atoms with van der Waals surface area (Å²) in [6, 6.07) is 27.3. The average Bonchev–Trinajstić information content (AvgIpc) is 3.24. The highest BCUT2D eigenvalue weighted by atomic mass is 15.2. The molecule has 0 atom stereocenters. The molecular weight excluding hydrogens is 518 g/mol. The van der Waals surface area contributed by atoms with E-state index in [1.807, 2.05) is 31.2 Å². The summed E-state index contributed by atoms with van der Waals surface area (Å²) in [5, 5.41) is 3.61. The lowest BCUT2D eigenvalue weighted by Crippen LogP contribution is -2.31. The van der Waals surface area contributed by atoms with E-state index in [9.17, 15) is 0 Å². The third-order valence-corrected chi connectivity index (χ3v) is 8.36. The highest BCUT2D eigenvalue weighted by molar-refractivity contribution is 5.88. The van der Waals surface area contributed by atoms with Gasteiger partial charge in [-0.05, 0) is 82.4 Å². The van der Waals surface area contributed by atoms with Gasteiger partial charge in [-0.2, -0.15) is 0 Å². The topological polar surface area (TPSA) is 62.1 Å². The van der Waals surface area contributed by atoms with Gasteiger partial charge in [0, 0.05) is 43.1 Å². The number of aryl methyl sites for hydroxylation is 2. The number of rotatable bonds is 9. The van der Waals surface area contributed by atoms with Crippen LogP contribution < -0.4 is 10.2 Å². The fourth-order valence-electron chi connectivity index (χ4n) is 5.97. The van der Waals surface area contributed by atoms with E-state index < -0.39 is 0 Å². The summed E-state index contributed by atoms with van der Waals surface area (Å²) in [5.74, 6) is 2.42. The van der Waals surface area contributed by atoms with Crippen molar-refractivity contribution in [2.75, 3.05) is 49.5 Å². The molecule has 0 spiro atoms. The van der Waals surface area contributed by atoms with Crippen molar-refractivity contribution < 1.29 is 0 Å². The maximum Gasteiger partial charge on any atom is 0.170 e. The van der Waals surface area contributed by atoms with Crippen LogP contribution in [-0.2, 0) is 0 Å². The number of para-hydroxylation sites is 1. The van der Waals surface area contributed by atoms with Crippen molar-refractivity contribution in [1.82, 2.24) is 24.4 Å². The Balaban J connectivity index is 1.11. The molecule has 0 aliphatic carbocycles. The van der Waals surface area contributed by atoms with Gasteiger partial charge in [0.2, 0.25) is 0 Å². The van der Waals surface area contributed by atoms with Crippen LogP contribution in [0, 0.1) is 20.8 Å². The van der Waals surface area contributed by atoms with E-state index in [2.05, 4.69) is 88.1 Å². The van der Waals surface area contributed by atoms with Crippen molar-refractivity contribution in [3.63, 3.8) is 0 Å². The molecular formula is C35H41N7. The van der Waals surface area contributed by atoms with Gasteiger partial charge in [-0.15, -0.1) is 0 Å². The normalized spacial score (nSPS) is 14.3. The second-order valence-corrected chi connectivity index (χ2v) is 11.3. The number of aromatic nitrogens is 4. The van der Waals surface area contributed by atoms with Crippen LogP contribution in [0.2, 0.25) is 0 Å². The van der Waals surface area contributed by atoms with Crippen molar-refractivity contribution in [3.8, 4) is 17.1 Å². The van der Waals surface area contributed by atoms with Crippen molar-refractivity contribution in [2.45, 2.75) is 40.0 Å². The molecule has 0 bridgehead atoms. The zero-order valence-electron chi connectivity index (χ0n) is 25.1. The minimum Gasteiger partial charge on any atom is -0.370 e. The molecule has 1 N–H and O–H groups in total. The Hall–Kier alpha value is -4.23. The second kappa shape index (κ2) is 12.7. The van der Waals surface area contributed by atoms with E-state index in [0.717, 1.165) is 85.4 Å². The Morgan fingerprint density at radius 3 is 2.33 bits per heavy atom. The Morgan fingerprint density at radius 1 is 0.738 bits per heavy atom. The van der Waals surface area contributed by atoms with Crippen LogP contribution in [0.4, 0.5) is 11.5 Å². The Morgan fingerprint density at radius 2 is 1.52 bits per heavy atom. The van der Waals surface area contributed by atoms with Crippen LogP contribution in [-0.4, -0.2) is 63.7 Å². The first-order chi connectivity index (χ1) is 20.6. The van der Waals surface area contributed by atoms with Gasteiger partial charge in [0.1, 0.15) is 11.6 Å². The minimum absolute atomic E-state index is 0.736. The number of nitrogens with zero attached hydrogens (tertiary/aromatic N) is 6. The van der Waals surface area contributed by atoms with Crippen LogP contribution in [0.5, 0.6) is 0 Å². The van der Waals surface area contributed by atoms with Crippen LogP contribution in [0.1, 0.15) is 36.2 Å². The first kappa shape index (κ1) is 27.9. The van der Waals surface area contributed by atoms with E-state index in [1.54, 1.807) is 0 Å². The summed E-state index contributed by atoms with van der Waals surface area (Å²) in [6.45, 7) is 12.9. The molecule has 5 aromatic rings. The Labute approximate surface area is 249 Å². The van der Waals surface area contributed by atoms with Gasteiger partial charge in [-0.25, -0.2) is 15.0 Å². The maximum atomic E-state index is 5.09. The lowest BCUT2D eigenvalue weighted by Gasteiger charge is -2.26. The predicted molar refractivity (Wildman–Crippen MR) is 174 cm³/mol. The highest BCUT2D eigenvalue weighted by Gasteiger charge is 2.20. The zero-order chi connectivity index (χ0) is 28.9. The Bertz CT molecular complexity index is 1630. The molecule has 6 rings (SSSR count). The van der Waals surface area contributed by atoms with Gasteiger partial charge in [0.25, 0.3) is 0 Å². The molecule has 0 radical (unpaired) electrons. The lowest BCUT2D eigenvalue weighted by atomic mass is 10.1. The number of anilines is 2. The molecule has 0 unspecified atom stereocenters. The predicted octanol–water partition coefficient (Wildman–Crippen LogP) is 6.81. The molecule has 7 nitrogen and oxygen atoms in total. The smallest absolute Gasteiger partial charge is 0.170 e. The molecule has 1 fully saturated rings. The lowest BCUT2D eigenvalue weighted by molar-refractivity contribution is 0.288. The fraction of sp³-hybridized carbons (Fsp3) is 0.343. The first-order valence-electron chi connectivity index (χ1n) is 15.2. The number of benzene rings is 3. The monoisotopic (exact) mass is 559 g/mol. The van der Waals surface area contributed by atoms with Crippen molar-refractivity contribution >= 4 is 22.7 Å². The van der Waals surface area contributed by atoms with Gasteiger partial charge in [0.05, 0.1) is 0 Å². The third kappa shape index (κ3) is 6.02. The van der Waals surface area contributed by atoms with Crippen LogP contribution in [0.15, 0.2) is 78.9 Å². The number of fused-ring (bicyclic) bond motifs is 1. The van der Waals surface area contributed by atoms with Gasteiger partial charge < -0.3 is 15.1 Å². The van der Waals surface area contributed by atoms with Gasteiger partial charge >= 0.3 is 0 Å². The molecule has 0 amide bonds. The minimum atomic E-state index is 0.736. The summed E-state index contributed by atoms with van der Waals surface area (Å²) in [4.78, 5) is 19.9. The summed E-state index contributed by atoms with van der Waals surface area (Å²) in [5.41, 5.74) is 7.91. The highest BCUT2D eigenvalue weighted by Crippen LogP contribution is 2.30. The quantitative estimate of drug-likeness (QED) is 0.200. The van der Waals surface area contributed by atoms with Gasteiger partial charge in [-0.3, -0.25) is 4.57 Å². The molecule has 3 aromatic carbocycles. The first-order valence-corrected chi connectivity index (χ1v) is 15.2. The standard InChI is InChI=1S/C35H41N7/c1-26-14-12-19-31(27(26)2)41-23-13-22-40(24-25-41)21-11-10-20-36-33-32-35(38-28(3)37-33)42(30-17-8-5-9-18-30)34(39-32)29-15-6-4-7-16-29/h4-9,12,14-19H,10-11,13,20-25H2,1-3H3,(H,36,37,38). The summed E-state index contributed by atoms with van der Waals surface area (Å²) >= 11 is 0. The molecule has 1 saturated heterocycles. The third-order valence-electron chi connectivity index (χ3n) is 8.36. The number of hydrogen-bond donors (Lipinski definition) is 1. The number of nitrogens with one attached hydrogen (secondary N) is 1. The van der Waals surface area contributed by atoms with Crippen molar-refractivity contribution in [3.05, 3.63) is 95.8 Å². The van der Waals surface area contributed by atoms with Gasteiger partial charge in [0.15, 0.2) is 17.0 Å². The summed E-state index contributed by atoms with van der Waals surface area (Å²) in [7, 11) is 0. The molecule has 0 saturated carbocycles. The SMILES string of the molecule is Cc1nc(NCCCCN2CCCN(c3cccc(C)c3C)CC2)c2nc(-c3ccccc3)n(-c3ccccc3)c2n1. The van der Waals surface area contributed by atoms with E-state index in [-0.39, 0.29) is 0 Å². The van der Waals surface area contributed by atoms with Crippen LogP contribution in [0.3, 0.4) is 0 Å². The maximum absolute atomic E-state index is 5.09. The van der Waals surface area contributed by atoms with E-state index >= 15 is 0 Å². The zero-order valence-corrected chi connectivity index (χ0v) is 25.1. The Kier molecular flexibility index (Phi) is 8.47. The molecule has 216 valence electrons. The molecule has 42 heavy (non-hydrogen) atoms. The number of imidazole rings is 1. The van der Waals surface area contributed by atoms with E-state index in [1.165, 1.54) is 29.8 Å². The molecule has 7 heteroatoms. The molecule has 1 aliphatic heterocycles. The summed E-state index contributed by atoms with van der Waals surface area (Å²) < 4.78 is 2.14. The second-order valence-electron chi connectivity index (χ2n) is 11.3. The van der Waals surface area contributed by atoms with Crippen LogP contribution in [0.25, 0.3) is 28.2 Å². The molecule has 2 aromatic heterocycles. The fourth-order valence-corrected chi connectivity index (χ4v) is 5.97. The van der Waals surface area contributed by atoms with Crippen LogP contribution >= 0.6 is 0 Å². The number of unbranched alkanes of at least 4 members (excludes halogenated alkanes) is 1. The molecule has 3 heterocycles. The van der Waals surface area contributed by atoms with E-state index in [0.29, 0.717) is 0 Å². The van der Waals surface area contributed by atoms with Crippen molar-refractivity contribution in [2.24, 2.45) is 0 Å². The van der Waals surface area contributed by atoms with E-state index in [4.69, 9.17) is 15.0 Å². The number of hydrogen-bond acceptors (Lipinski definition) is 6. The van der Waals surface area contributed by atoms with Gasteiger partial charge in [-0.1, -0.05) is 60.7 Å². The van der Waals surface area contributed by atoms with Crippen molar-refractivity contribution in [1.29, 1.82) is 0 Å². The largest absolute Gasteiger partial charge is 0.370 e. The molecule has 1 aliphatic rings. The summed E-state index contributed by atoms with van der Waals surface area (Å²) in [6.07, 6.45) is 3.43. The average molecular weight is 560 g/mol.